The molecule has 0 saturated carbocycles. The predicted molar refractivity (Wildman–Crippen MR) is 105 cm³/mol. The van der Waals surface area contributed by atoms with Crippen molar-refractivity contribution in [2.45, 2.75) is 26.1 Å². The third kappa shape index (κ3) is 3.50. The number of carbonyl (C=O) groups is 2. The lowest BCUT2D eigenvalue weighted by atomic mass is 10.1. The zero-order chi connectivity index (χ0) is 19.7. The number of amides is 2. The Morgan fingerprint density at radius 2 is 2.14 bits per heavy atom. The number of hydrogen-bond donors (Lipinski definition) is 2. The molecule has 0 fully saturated rings. The summed E-state index contributed by atoms with van der Waals surface area (Å²) in [5, 5.41) is 14.5. The van der Waals surface area contributed by atoms with E-state index in [1.54, 1.807) is 34.6 Å². The molecule has 0 unspecified atom stereocenters. The Balaban J connectivity index is 1.49. The highest BCUT2D eigenvalue weighted by Crippen LogP contribution is 2.27. The van der Waals surface area contributed by atoms with Crippen LogP contribution in [0.1, 0.15) is 44.5 Å². The molecule has 3 aromatic rings. The molecule has 0 bridgehead atoms. The van der Waals surface area contributed by atoms with E-state index in [0.717, 1.165) is 4.88 Å². The quantitative estimate of drug-likeness (QED) is 0.710. The molecule has 0 saturated heterocycles. The summed E-state index contributed by atoms with van der Waals surface area (Å²) in [6, 6.07) is 9.96. The van der Waals surface area contributed by atoms with Crippen LogP contribution in [-0.2, 0) is 13.1 Å². The van der Waals surface area contributed by atoms with Gasteiger partial charge in [-0.3, -0.25) is 9.59 Å². The van der Waals surface area contributed by atoms with Crippen molar-refractivity contribution in [1.29, 1.82) is 0 Å². The smallest absolute Gasteiger partial charge is 0.271 e. The van der Waals surface area contributed by atoms with Crippen LogP contribution in [0.3, 0.4) is 0 Å². The van der Waals surface area contributed by atoms with Gasteiger partial charge in [-0.2, -0.15) is 0 Å². The maximum absolute atomic E-state index is 12.8. The van der Waals surface area contributed by atoms with Crippen LogP contribution in [0.5, 0.6) is 5.75 Å². The highest BCUT2D eigenvalue weighted by molar-refractivity contribution is 7.09. The molecule has 8 heteroatoms. The molecule has 2 aromatic heterocycles. The van der Waals surface area contributed by atoms with Crippen molar-refractivity contribution < 1.29 is 14.7 Å². The number of carbonyl (C=O) groups excluding carboxylic acids is 2. The number of hydrogen-bond acceptors (Lipinski definition) is 5. The molecule has 0 spiro atoms. The number of phenols is 1. The van der Waals surface area contributed by atoms with Crippen molar-refractivity contribution in [3.63, 3.8) is 0 Å². The Morgan fingerprint density at radius 3 is 2.89 bits per heavy atom. The van der Waals surface area contributed by atoms with Crippen LogP contribution in [0, 0.1) is 0 Å². The lowest BCUT2D eigenvalue weighted by Crippen LogP contribution is -2.41. The zero-order valence-electron chi connectivity index (χ0n) is 15.3. The summed E-state index contributed by atoms with van der Waals surface area (Å²) in [5.74, 6) is 0.345. The molecule has 28 heavy (non-hydrogen) atoms. The van der Waals surface area contributed by atoms with Crippen molar-refractivity contribution in [2.24, 2.45) is 0 Å². The summed E-state index contributed by atoms with van der Waals surface area (Å²) in [5.41, 5.74) is 0.783. The average Bonchev–Trinajstić information content (AvgIpc) is 3.36. The second kappa shape index (κ2) is 7.47. The van der Waals surface area contributed by atoms with E-state index < -0.39 is 0 Å². The van der Waals surface area contributed by atoms with Gasteiger partial charge in [-0.05, 0) is 36.6 Å². The first kappa shape index (κ1) is 18.2. The number of aromatic nitrogens is 2. The van der Waals surface area contributed by atoms with E-state index in [-0.39, 0.29) is 23.6 Å². The third-order valence-corrected chi connectivity index (χ3v) is 5.70. The number of nitrogens with one attached hydrogen (secondary N) is 1. The van der Waals surface area contributed by atoms with Crippen LogP contribution in [0.25, 0.3) is 0 Å². The predicted octanol–water partition coefficient (Wildman–Crippen LogP) is 2.80. The Bertz CT molecular complexity index is 1010. The maximum Gasteiger partial charge on any atom is 0.271 e. The molecule has 1 atom stereocenters. The van der Waals surface area contributed by atoms with Gasteiger partial charge in [0.25, 0.3) is 11.8 Å². The van der Waals surface area contributed by atoms with Crippen molar-refractivity contribution in [3.8, 4) is 5.75 Å². The molecular weight excluding hydrogens is 376 g/mol. The van der Waals surface area contributed by atoms with E-state index in [1.807, 2.05) is 29.0 Å². The summed E-state index contributed by atoms with van der Waals surface area (Å²) in [4.78, 5) is 32.6. The van der Waals surface area contributed by atoms with Gasteiger partial charge in [0.2, 0.25) is 0 Å². The molecule has 1 aromatic carbocycles. The van der Waals surface area contributed by atoms with Gasteiger partial charge in [-0.25, -0.2) is 4.98 Å². The lowest BCUT2D eigenvalue weighted by molar-refractivity contribution is 0.0637. The fourth-order valence-corrected chi connectivity index (χ4v) is 4.00. The van der Waals surface area contributed by atoms with E-state index in [9.17, 15) is 14.7 Å². The van der Waals surface area contributed by atoms with E-state index >= 15 is 0 Å². The number of imidazole rings is 1. The number of phenolic OH excluding ortho intramolecular Hbond substituents is 1. The summed E-state index contributed by atoms with van der Waals surface area (Å²) in [6.07, 6.45) is 1.74. The average molecular weight is 396 g/mol. The fourth-order valence-electron chi connectivity index (χ4n) is 3.35. The topological polar surface area (TPSA) is 87.5 Å². The largest absolute Gasteiger partial charge is 0.508 e. The summed E-state index contributed by atoms with van der Waals surface area (Å²) in [6.45, 7) is 3.44. The highest BCUT2D eigenvalue weighted by Gasteiger charge is 2.31. The molecule has 1 aliphatic rings. The van der Waals surface area contributed by atoms with E-state index in [4.69, 9.17) is 0 Å². The minimum Gasteiger partial charge on any atom is -0.508 e. The van der Waals surface area contributed by atoms with Crippen molar-refractivity contribution in [2.75, 3.05) is 6.54 Å². The van der Waals surface area contributed by atoms with Crippen molar-refractivity contribution >= 4 is 23.2 Å². The van der Waals surface area contributed by atoms with Crippen molar-refractivity contribution in [3.05, 3.63) is 69.9 Å². The van der Waals surface area contributed by atoms with Gasteiger partial charge >= 0.3 is 0 Å². The Morgan fingerprint density at radius 1 is 1.29 bits per heavy atom. The second-order valence-corrected chi connectivity index (χ2v) is 7.70. The standard InChI is InChI=1S/C20H20N4O3S/c1-13-18-22-17(19(26)21-11-16-6-3-9-28-16)12-23(18)7-8-24(13)20(27)14-4-2-5-15(25)10-14/h2-6,9-10,12-13,25H,7-8,11H2,1H3,(H,21,26)/t13-/m0/s1. The summed E-state index contributed by atoms with van der Waals surface area (Å²) >= 11 is 1.59. The van der Waals surface area contributed by atoms with Crippen LogP contribution in [0.2, 0.25) is 0 Å². The molecular formula is C20H20N4O3S. The first-order valence-corrected chi connectivity index (χ1v) is 9.88. The normalized spacial score (nSPS) is 15.9. The number of rotatable bonds is 4. The minimum absolute atomic E-state index is 0.0571. The van der Waals surface area contributed by atoms with E-state index in [0.29, 0.717) is 36.7 Å². The number of thiophene rings is 1. The van der Waals surface area contributed by atoms with Gasteiger partial charge < -0.3 is 19.9 Å². The molecule has 0 aliphatic carbocycles. The van der Waals surface area contributed by atoms with Crippen LogP contribution in [-0.4, -0.2) is 37.9 Å². The molecule has 4 rings (SSSR count). The lowest BCUT2D eigenvalue weighted by Gasteiger charge is -2.33. The Hall–Kier alpha value is -3.13. The fraction of sp³-hybridized carbons (Fsp3) is 0.250. The monoisotopic (exact) mass is 396 g/mol. The first-order chi connectivity index (χ1) is 13.5. The molecule has 2 N–H and O–H groups in total. The number of aromatic hydroxyl groups is 1. The number of benzene rings is 1. The summed E-state index contributed by atoms with van der Waals surface area (Å²) in [7, 11) is 0. The van der Waals surface area contributed by atoms with Crippen LogP contribution in [0.4, 0.5) is 0 Å². The Kier molecular flexibility index (Phi) is 4.87. The number of fused-ring (bicyclic) bond motifs is 1. The second-order valence-electron chi connectivity index (χ2n) is 6.66. The Labute approximate surface area is 166 Å². The molecule has 2 amide bonds. The van der Waals surface area contributed by atoms with Gasteiger partial charge in [0.15, 0.2) is 0 Å². The molecule has 0 radical (unpaired) electrons. The van der Waals surface area contributed by atoms with Crippen molar-refractivity contribution in [1.82, 2.24) is 19.8 Å². The molecule has 3 heterocycles. The maximum atomic E-state index is 12.8. The zero-order valence-corrected chi connectivity index (χ0v) is 16.1. The van der Waals surface area contributed by atoms with Gasteiger partial charge in [0.05, 0.1) is 12.6 Å². The molecule has 144 valence electrons. The third-order valence-electron chi connectivity index (χ3n) is 4.82. The SMILES string of the molecule is C[C@H]1c2nc(C(=O)NCc3cccs3)cn2CCN1C(=O)c1cccc(O)c1. The molecule has 7 nitrogen and oxygen atoms in total. The minimum atomic E-state index is -0.276. The van der Waals surface area contributed by atoms with Gasteiger partial charge in [-0.15, -0.1) is 11.3 Å². The van der Waals surface area contributed by atoms with Crippen LogP contribution >= 0.6 is 11.3 Å². The van der Waals surface area contributed by atoms with E-state index in [1.165, 1.54) is 12.1 Å². The van der Waals surface area contributed by atoms with E-state index in [2.05, 4.69) is 10.3 Å². The highest BCUT2D eigenvalue weighted by atomic mass is 32.1. The first-order valence-electron chi connectivity index (χ1n) is 9.00. The molecule has 1 aliphatic heterocycles. The number of nitrogens with zero attached hydrogens (tertiary/aromatic N) is 3. The van der Waals surface area contributed by atoms with Crippen LogP contribution in [0.15, 0.2) is 48.0 Å². The summed E-state index contributed by atoms with van der Waals surface area (Å²) < 4.78 is 1.93. The van der Waals surface area contributed by atoms with Gasteiger partial charge in [0.1, 0.15) is 17.3 Å². The van der Waals surface area contributed by atoms with Gasteiger partial charge in [0, 0.05) is 29.7 Å². The van der Waals surface area contributed by atoms with Gasteiger partial charge in [-0.1, -0.05) is 12.1 Å². The van der Waals surface area contributed by atoms with Crippen LogP contribution < -0.4 is 5.32 Å².